The second kappa shape index (κ2) is 9.69. The molecule has 2 nitrogen and oxygen atoms in total. The van der Waals surface area contributed by atoms with Crippen LogP contribution in [0.4, 0.5) is 0 Å². The van der Waals surface area contributed by atoms with Crippen molar-refractivity contribution in [3.8, 4) is 27.9 Å². The van der Waals surface area contributed by atoms with Gasteiger partial charge >= 0.3 is 0 Å². The lowest BCUT2D eigenvalue weighted by molar-refractivity contribution is 1.18. The molecule has 0 unspecified atom stereocenters. The third-order valence-corrected chi connectivity index (χ3v) is 9.68. The third kappa shape index (κ3) is 3.71. The lowest BCUT2D eigenvalue weighted by Crippen LogP contribution is -1.94. The summed E-state index contributed by atoms with van der Waals surface area (Å²) in [5.74, 6) is 0. The molecule has 0 saturated carbocycles. The molecule has 2 heterocycles. The van der Waals surface area contributed by atoms with Crippen molar-refractivity contribution in [3.05, 3.63) is 164 Å². The fourth-order valence-electron chi connectivity index (χ4n) is 7.54. The van der Waals surface area contributed by atoms with Crippen molar-refractivity contribution in [2.24, 2.45) is 0 Å². The van der Waals surface area contributed by atoms with Gasteiger partial charge in [0.25, 0.3) is 0 Å². The van der Waals surface area contributed by atoms with E-state index in [-0.39, 0.29) is 0 Å². The number of rotatable bonds is 3. The predicted octanol–water partition coefficient (Wildman–Crippen LogP) is 12.1. The van der Waals surface area contributed by atoms with Crippen LogP contribution < -0.4 is 0 Å². The van der Waals surface area contributed by atoms with Gasteiger partial charge in [0.2, 0.25) is 0 Å². The van der Waals surface area contributed by atoms with Crippen LogP contribution >= 0.6 is 0 Å². The number of H-pyrrole nitrogens is 1. The highest BCUT2D eigenvalue weighted by Crippen LogP contribution is 2.42. The molecule has 0 spiro atoms. The molecule has 0 aliphatic carbocycles. The second-order valence-electron chi connectivity index (χ2n) is 12.3. The van der Waals surface area contributed by atoms with Gasteiger partial charge in [0, 0.05) is 38.3 Å². The number of hydrogen-bond donors (Lipinski definition) is 1. The van der Waals surface area contributed by atoms with E-state index in [4.69, 9.17) is 0 Å². The molecule has 0 amide bonds. The van der Waals surface area contributed by atoms with Gasteiger partial charge in [-0.1, -0.05) is 109 Å². The topological polar surface area (TPSA) is 20.7 Å². The summed E-state index contributed by atoms with van der Waals surface area (Å²) in [4.78, 5) is 3.55. The van der Waals surface area contributed by atoms with Crippen molar-refractivity contribution in [2.45, 2.75) is 0 Å². The fourth-order valence-corrected chi connectivity index (χ4v) is 7.54. The Morgan fingerprint density at radius 1 is 0.370 bits per heavy atom. The van der Waals surface area contributed by atoms with Crippen LogP contribution in [-0.2, 0) is 0 Å². The first-order valence-corrected chi connectivity index (χ1v) is 15.9. The van der Waals surface area contributed by atoms with E-state index >= 15 is 0 Å². The minimum atomic E-state index is 1.17. The molecule has 0 saturated heterocycles. The first kappa shape index (κ1) is 25.2. The first-order chi connectivity index (χ1) is 22.8. The normalized spacial score (nSPS) is 11.9. The highest BCUT2D eigenvalue weighted by molar-refractivity contribution is 6.24. The fraction of sp³-hybridized carbons (Fsp3) is 0. The summed E-state index contributed by atoms with van der Waals surface area (Å²) in [5.41, 5.74) is 10.9. The first-order valence-electron chi connectivity index (χ1n) is 15.9. The monoisotopic (exact) mass is 584 g/mol. The Morgan fingerprint density at radius 2 is 0.978 bits per heavy atom. The Hall–Kier alpha value is -6.12. The molecular formula is C44H28N2. The standard InChI is InChI=1S/C44H28N2/c1-2-10-33(11-3-1)46-42-17-9-7-15-37(42)44-36-14-5-4-12-34(36)38(27-43(44)46)32-21-20-28-24-29(18-19-30(28)25-32)31-22-23-41-39(26-31)35-13-6-8-16-40(35)45-41/h1-27,45H. The number of aromatic amines is 1. The van der Waals surface area contributed by atoms with E-state index in [9.17, 15) is 0 Å². The van der Waals surface area contributed by atoms with Crippen molar-refractivity contribution in [3.63, 3.8) is 0 Å². The highest BCUT2D eigenvalue weighted by Gasteiger charge is 2.18. The predicted molar refractivity (Wildman–Crippen MR) is 196 cm³/mol. The summed E-state index contributed by atoms with van der Waals surface area (Å²) in [7, 11) is 0. The van der Waals surface area contributed by atoms with Crippen LogP contribution in [-0.4, -0.2) is 9.55 Å². The Labute approximate surface area is 265 Å². The molecule has 214 valence electrons. The van der Waals surface area contributed by atoms with Crippen LogP contribution in [0.15, 0.2) is 164 Å². The maximum Gasteiger partial charge on any atom is 0.0553 e. The maximum absolute atomic E-state index is 3.55. The molecule has 1 N–H and O–H groups in total. The van der Waals surface area contributed by atoms with Gasteiger partial charge < -0.3 is 9.55 Å². The molecule has 10 aromatic rings. The molecule has 2 aromatic heterocycles. The van der Waals surface area contributed by atoms with Gasteiger partial charge in [0.05, 0.1) is 11.0 Å². The van der Waals surface area contributed by atoms with Gasteiger partial charge in [-0.05, 0) is 98.4 Å². The summed E-state index contributed by atoms with van der Waals surface area (Å²) < 4.78 is 2.42. The number of benzene rings is 8. The van der Waals surface area contributed by atoms with Crippen molar-refractivity contribution in [1.82, 2.24) is 9.55 Å². The Balaban J connectivity index is 1.16. The summed E-state index contributed by atoms with van der Waals surface area (Å²) in [6, 6.07) is 59.8. The van der Waals surface area contributed by atoms with E-state index in [1.807, 2.05) is 0 Å². The van der Waals surface area contributed by atoms with Gasteiger partial charge in [-0.3, -0.25) is 0 Å². The molecule has 8 aromatic carbocycles. The lowest BCUT2D eigenvalue weighted by atomic mass is 9.92. The summed E-state index contributed by atoms with van der Waals surface area (Å²) in [6.45, 7) is 0. The molecule has 10 rings (SSSR count). The molecule has 0 radical (unpaired) electrons. The lowest BCUT2D eigenvalue weighted by Gasteiger charge is -2.13. The SMILES string of the molecule is c1ccc(-n2c3ccccc3c3c4ccccc4c(-c4ccc5cc(-c6ccc7[nH]c8ccccc8c7c6)ccc5c4)cc32)cc1. The number of aromatic nitrogens is 2. The summed E-state index contributed by atoms with van der Waals surface area (Å²) in [5, 5.41) is 10.1. The van der Waals surface area contributed by atoms with Crippen LogP contribution in [0.3, 0.4) is 0 Å². The van der Waals surface area contributed by atoms with Crippen LogP contribution in [0.25, 0.3) is 93.1 Å². The molecular weight excluding hydrogens is 556 g/mol. The minimum absolute atomic E-state index is 1.17. The second-order valence-corrected chi connectivity index (χ2v) is 12.3. The number of nitrogens with zero attached hydrogens (tertiary/aromatic N) is 1. The number of para-hydroxylation sites is 3. The van der Waals surface area contributed by atoms with E-state index in [1.165, 1.54) is 93.1 Å². The molecule has 0 fully saturated rings. The van der Waals surface area contributed by atoms with Crippen LogP contribution in [0.5, 0.6) is 0 Å². The van der Waals surface area contributed by atoms with E-state index in [1.54, 1.807) is 0 Å². The molecule has 0 bridgehead atoms. The van der Waals surface area contributed by atoms with Gasteiger partial charge in [-0.2, -0.15) is 0 Å². The average molecular weight is 585 g/mol. The van der Waals surface area contributed by atoms with Gasteiger partial charge in [-0.25, -0.2) is 0 Å². The third-order valence-electron chi connectivity index (χ3n) is 9.68. The maximum atomic E-state index is 3.55. The number of nitrogens with one attached hydrogen (secondary N) is 1. The molecule has 0 atom stereocenters. The summed E-state index contributed by atoms with van der Waals surface area (Å²) in [6.07, 6.45) is 0. The molecule has 0 aliphatic heterocycles. The van der Waals surface area contributed by atoms with E-state index < -0.39 is 0 Å². The van der Waals surface area contributed by atoms with Crippen LogP contribution in [0, 0.1) is 0 Å². The van der Waals surface area contributed by atoms with Gasteiger partial charge in [0.1, 0.15) is 0 Å². The summed E-state index contributed by atoms with van der Waals surface area (Å²) >= 11 is 0. The Morgan fingerprint density at radius 3 is 1.83 bits per heavy atom. The van der Waals surface area contributed by atoms with E-state index in [0.29, 0.717) is 0 Å². The quantitative estimate of drug-likeness (QED) is 0.213. The van der Waals surface area contributed by atoms with E-state index in [2.05, 4.69) is 173 Å². The zero-order chi connectivity index (χ0) is 30.2. The van der Waals surface area contributed by atoms with Gasteiger partial charge in [0.15, 0.2) is 0 Å². The largest absolute Gasteiger partial charge is 0.355 e. The van der Waals surface area contributed by atoms with Crippen molar-refractivity contribution >= 4 is 65.2 Å². The number of hydrogen-bond acceptors (Lipinski definition) is 0. The number of fused-ring (bicyclic) bond motifs is 9. The molecule has 0 aliphatic rings. The Kier molecular flexibility index (Phi) is 5.31. The van der Waals surface area contributed by atoms with E-state index in [0.717, 1.165) is 0 Å². The van der Waals surface area contributed by atoms with Gasteiger partial charge in [-0.15, -0.1) is 0 Å². The zero-order valence-corrected chi connectivity index (χ0v) is 25.0. The smallest absolute Gasteiger partial charge is 0.0553 e. The molecule has 46 heavy (non-hydrogen) atoms. The molecule has 2 heteroatoms. The van der Waals surface area contributed by atoms with Crippen LogP contribution in [0.1, 0.15) is 0 Å². The van der Waals surface area contributed by atoms with Crippen molar-refractivity contribution in [1.29, 1.82) is 0 Å². The Bertz CT molecular complexity index is 2800. The minimum Gasteiger partial charge on any atom is -0.355 e. The van der Waals surface area contributed by atoms with Crippen molar-refractivity contribution < 1.29 is 0 Å². The zero-order valence-electron chi connectivity index (χ0n) is 25.0. The van der Waals surface area contributed by atoms with Crippen molar-refractivity contribution in [2.75, 3.05) is 0 Å². The average Bonchev–Trinajstić information content (AvgIpc) is 3.66. The highest BCUT2D eigenvalue weighted by atomic mass is 15.0. The van der Waals surface area contributed by atoms with Crippen LogP contribution in [0.2, 0.25) is 0 Å².